The predicted molar refractivity (Wildman–Crippen MR) is 117 cm³/mol. The van der Waals surface area contributed by atoms with Gasteiger partial charge in [-0.2, -0.15) is 13.2 Å². The third-order valence-electron chi connectivity index (χ3n) is 6.15. The lowest BCUT2D eigenvalue weighted by atomic mass is 9.78. The van der Waals surface area contributed by atoms with Gasteiger partial charge in [0.1, 0.15) is 0 Å². The van der Waals surface area contributed by atoms with Gasteiger partial charge in [0.15, 0.2) is 5.82 Å². The summed E-state index contributed by atoms with van der Waals surface area (Å²) in [6, 6.07) is 8.76. The number of aliphatic carboxylic acids is 1. The van der Waals surface area contributed by atoms with Crippen LogP contribution in [0.25, 0.3) is 0 Å². The number of carboxylic acids is 1. The van der Waals surface area contributed by atoms with Crippen LogP contribution < -0.4 is 5.32 Å². The summed E-state index contributed by atoms with van der Waals surface area (Å²) in [6.07, 6.45) is 0.378. The van der Waals surface area contributed by atoms with Crippen LogP contribution in [0.3, 0.4) is 0 Å². The van der Waals surface area contributed by atoms with E-state index in [1.165, 1.54) is 11.1 Å². The molecule has 4 rings (SSSR count). The zero-order valence-electron chi connectivity index (χ0n) is 19.1. The Morgan fingerprint density at radius 2 is 1.91 bits per heavy atom. The van der Waals surface area contributed by atoms with E-state index in [2.05, 4.69) is 46.4 Å². The topological polar surface area (TPSA) is 96.7 Å². The second-order valence-electron chi connectivity index (χ2n) is 8.74. The van der Waals surface area contributed by atoms with Crippen molar-refractivity contribution in [1.29, 1.82) is 0 Å². The van der Waals surface area contributed by atoms with Gasteiger partial charge in [0, 0.05) is 52.2 Å². The summed E-state index contributed by atoms with van der Waals surface area (Å²) in [5.74, 6) is -1.90. The zero-order chi connectivity index (χ0) is 24.9. The number of rotatable bonds is 6. The number of hydrogen-bond acceptors (Lipinski definition) is 5. The van der Waals surface area contributed by atoms with Crippen molar-refractivity contribution in [3.63, 3.8) is 0 Å². The van der Waals surface area contributed by atoms with Crippen LogP contribution in [0.15, 0.2) is 36.7 Å². The van der Waals surface area contributed by atoms with Crippen LogP contribution in [0.2, 0.25) is 0 Å². The molecule has 2 fully saturated rings. The van der Waals surface area contributed by atoms with Gasteiger partial charge in [-0.1, -0.05) is 29.8 Å². The molecule has 11 heteroatoms. The summed E-state index contributed by atoms with van der Waals surface area (Å²) in [6.45, 7) is 6.56. The Balaban J connectivity index is 0.000000406. The van der Waals surface area contributed by atoms with Gasteiger partial charge >= 0.3 is 12.1 Å². The van der Waals surface area contributed by atoms with Gasteiger partial charge in [-0.05, 0) is 31.2 Å². The Kier molecular flexibility index (Phi) is 7.98. The molecule has 0 saturated carbocycles. The number of carboxylic acid groups (broad SMARTS) is 1. The smallest absolute Gasteiger partial charge is 0.475 e. The Morgan fingerprint density at radius 1 is 1.26 bits per heavy atom. The third-order valence-corrected chi connectivity index (χ3v) is 6.15. The molecule has 2 aliphatic rings. The quantitative estimate of drug-likeness (QED) is 0.658. The largest absolute Gasteiger partial charge is 0.490 e. The fourth-order valence-corrected chi connectivity index (χ4v) is 4.34. The van der Waals surface area contributed by atoms with Crippen LogP contribution in [0.5, 0.6) is 0 Å². The Bertz CT molecular complexity index is 985. The Labute approximate surface area is 195 Å². The van der Waals surface area contributed by atoms with Crippen LogP contribution in [-0.4, -0.2) is 69.5 Å². The highest BCUT2D eigenvalue weighted by atomic mass is 19.4. The number of imidazole rings is 1. The van der Waals surface area contributed by atoms with Crippen molar-refractivity contribution in [2.24, 2.45) is 13.0 Å². The van der Waals surface area contributed by atoms with Crippen LogP contribution in [-0.2, 0) is 23.1 Å². The summed E-state index contributed by atoms with van der Waals surface area (Å²) < 4.78 is 39.6. The van der Waals surface area contributed by atoms with Crippen LogP contribution in [0.4, 0.5) is 13.2 Å². The van der Waals surface area contributed by atoms with Crippen molar-refractivity contribution in [3.05, 3.63) is 53.6 Å². The number of alkyl halides is 3. The highest BCUT2D eigenvalue weighted by Crippen LogP contribution is 2.42. The van der Waals surface area contributed by atoms with Gasteiger partial charge < -0.3 is 19.7 Å². The predicted octanol–water partition coefficient (Wildman–Crippen LogP) is 2.77. The first-order valence-electron chi connectivity index (χ1n) is 11.0. The number of nitrogens with zero attached hydrogens (tertiary/aromatic N) is 3. The number of hydrogen-bond donors (Lipinski definition) is 2. The van der Waals surface area contributed by atoms with Crippen LogP contribution >= 0.6 is 0 Å². The summed E-state index contributed by atoms with van der Waals surface area (Å²) in [5, 5.41) is 10.1. The maximum atomic E-state index is 12.2. The van der Waals surface area contributed by atoms with E-state index in [0.29, 0.717) is 18.3 Å². The second-order valence-corrected chi connectivity index (χ2v) is 8.74. The summed E-state index contributed by atoms with van der Waals surface area (Å²) >= 11 is 0. The fourth-order valence-electron chi connectivity index (χ4n) is 4.34. The van der Waals surface area contributed by atoms with E-state index in [-0.39, 0.29) is 11.5 Å². The van der Waals surface area contributed by atoms with Gasteiger partial charge in [0.05, 0.1) is 5.60 Å². The lowest BCUT2D eigenvalue weighted by Crippen LogP contribution is -2.64. The summed E-state index contributed by atoms with van der Waals surface area (Å²) in [7, 11) is 1.83. The van der Waals surface area contributed by atoms with E-state index in [0.717, 1.165) is 39.1 Å². The first kappa shape index (κ1) is 25.7. The van der Waals surface area contributed by atoms with Crippen LogP contribution in [0, 0.1) is 12.8 Å². The number of aryl methyl sites for hydroxylation is 2. The van der Waals surface area contributed by atoms with Crippen molar-refractivity contribution in [2.45, 2.75) is 38.1 Å². The fraction of sp³-hybridized carbons (Fsp3) is 0.522. The van der Waals surface area contributed by atoms with E-state index < -0.39 is 12.1 Å². The minimum absolute atomic E-state index is 0.0152. The molecule has 2 saturated heterocycles. The molecule has 0 bridgehead atoms. The summed E-state index contributed by atoms with van der Waals surface area (Å²) in [5.41, 5.74) is 2.64. The molecule has 0 radical (unpaired) electrons. The number of ether oxygens (including phenoxy) is 1. The molecule has 1 amide bonds. The van der Waals surface area contributed by atoms with Crippen molar-refractivity contribution in [2.75, 3.05) is 26.2 Å². The molecular weight excluding hydrogens is 453 g/mol. The second kappa shape index (κ2) is 10.6. The SMILES string of the molecule is Cc1ccc(CN2CC3(C2)OCCC3CCNC(=O)c2nccn2C)cc1.O=C(O)C(F)(F)F. The molecule has 3 heterocycles. The number of carbonyl (C=O) groups excluding carboxylic acids is 1. The minimum atomic E-state index is -5.08. The number of halogens is 3. The molecule has 1 spiro atoms. The maximum absolute atomic E-state index is 12.2. The lowest BCUT2D eigenvalue weighted by molar-refractivity contribution is -0.192. The monoisotopic (exact) mass is 482 g/mol. The number of benzene rings is 1. The Hall–Kier alpha value is -2.92. The van der Waals surface area contributed by atoms with E-state index in [4.69, 9.17) is 14.6 Å². The zero-order valence-corrected chi connectivity index (χ0v) is 19.1. The molecule has 2 aliphatic heterocycles. The Morgan fingerprint density at radius 3 is 2.47 bits per heavy atom. The van der Waals surface area contributed by atoms with Crippen molar-refractivity contribution < 1.29 is 32.6 Å². The van der Waals surface area contributed by atoms with Crippen molar-refractivity contribution >= 4 is 11.9 Å². The molecule has 34 heavy (non-hydrogen) atoms. The molecule has 8 nitrogen and oxygen atoms in total. The van der Waals surface area contributed by atoms with E-state index in [1.54, 1.807) is 17.0 Å². The van der Waals surface area contributed by atoms with E-state index >= 15 is 0 Å². The maximum Gasteiger partial charge on any atom is 0.490 e. The third kappa shape index (κ3) is 6.35. The average Bonchev–Trinajstić information content (AvgIpc) is 3.35. The lowest BCUT2D eigenvalue weighted by Gasteiger charge is -2.50. The number of carbonyl (C=O) groups is 2. The van der Waals surface area contributed by atoms with E-state index in [9.17, 15) is 18.0 Å². The minimum Gasteiger partial charge on any atom is -0.475 e. The van der Waals surface area contributed by atoms with Gasteiger partial charge in [-0.15, -0.1) is 0 Å². The molecular formula is C23H29F3N4O4. The number of nitrogens with one attached hydrogen (secondary N) is 1. The molecule has 186 valence electrons. The first-order chi connectivity index (χ1) is 16.0. The van der Waals surface area contributed by atoms with Crippen molar-refractivity contribution in [1.82, 2.24) is 19.8 Å². The molecule has 1 aromatic carbocycles. The highest BCUT2D eigenvalue weighted by Gasteiger charge is 2.52. The van der Waals surface area contributed by atoms with Gasteiger partial charge in [0.25, 0.3) is 5.91 Å². The molecule has 0 aliphatic carbocycles. The molecule has 1 unspecified atom stereocenters. The van der Waals surface area contributed by atoms with Crippen molar-refractivity contribution in [3.8, 4) is 0 Å². The van der Waals surface area contributed by atoms with Gasteiger partial charge in [-0.3, -0.25) is 9.69 Å². The summed E-state index contributed by atoms with van der Waals surface area (Å²) in [4.78, 5) is 27.6. The van der Waals surface area contributed by atoms with Gasteiger partial charge in [-0.25, -0.2) is 9.78 Å². The van der Waals surface area contributed by atoms with Gasteiger partial charge in [0.2, 0.25) is 0 Å². The average molecular weight is 483 g/mol. The van der Waals surface area contributed by atoms with E-state index in [1.807, 2.05) is 7.05 Å². The molecule has 1 atom stereocenters. The number of amides is 1. The number of aromatic nitrogens is 2. The highest BCUT2D eigenvalue weighted by molar-refractivity contribution is 5.90. The normalized spacial score (nSPS) is 19.3. The molecule has 1 aromatic heterocycles. The first-order valence-corrected chi connectivity index (χ1v) is 11.0. The standard InChI is InChI=1S/C21H28N4O2.C2HF3O2/c1-16-3-5-17(6-4-16)13-25-14-21(15-25)18(8-12-27-21)7-9-23-20(26)19-22-10-11-24(19)2;3-2(4,5)1(6)7/h3-6,10-11,18H,7-9,12-15H2,1-2H3,(H,23,26);(H,6,7). The molecule has 2 aromatic rings. The number of likely N-dealkylation sites (tertiary alicyclic amines) is 1. The molecule has 2 N–H and O–H groups in total. The van der Waals surface area contributed by atoms with Crippen LogP contribution in [0.1, 0.15) is 34.6 Å².